The molecule has 0 amide bonds. The second-order valence-corrected chi connectivity index (χ2v) is 16.8. The molecular weight excluding hydrogens is 739 g/mol. The van der Waals surface area contributed by atoms with Crippen LogP contribution in [-0.2, 0) is 38.7 Å². The third-order valence-corrected chi connectivity index (χ3v) is 10.9. The monoisotopic (exact) mass is 817 g/mol. The van der Waals surface area contributed by atoms with Crippen molar-refractivity contribution >= 4 is 22.1 Å². The summed E-state index contributed by atoms with van der Waals surface area (Å²) in [6, 6.07) is 0. The summed E-state index contributed by atoms with van der Waals surface area (Å²) in [6.07, 6.45) is 21.2. The molecule has 0 saturated carbocycles. The molecule has 12 nitrogen and oxygen atoms in total. The van der Waals surface area contributed by atoms with Crippen molar-refractivity contribution in [1.29, 1.82) is 0 Å². The molecule has 1 unspecified atom stereocenters. The van der Waals surface area contributed by atoms with Crippen LogP contribution in [0.1, 0.15) is 194 Å². The van der Waals surface area contributed by atoms with Crippen LogP contribution in [0.2, 0.25) is 0 Å². The van der Waals surface area contributed by atoms with Gasteiger partial charge in [0, 0.05) is 12.8 Å². The molecule has 320 valence electrons. The fraction of sp³-hybridized carbons (Fsp3) is 0.951. The Morgan fingerprint density at radius 1 is 0.582 bits per heavy atom. The van der Waals surface area contributed by atoms with E-state index in [9.17, 15) is 37.9 Å². The van der Waals surface area contributed by atoms with Crippen LogP contribution in [0.25, 0.3) is 0 Å². The molecule has 1 heterocycles. The molecule has 6 atom stereocenters. The van der Waals surface area contributed by atoms with Gasteiger partial charge in [-0.3, -0.25) is 9.59 Å². The predicted octanol–water partition coefficient (Wildman–Crippen LogP) is 4.78. The SMILES string of the molecule is CCCCCCCCCCCCCCCC(=O)OCC(CO[C@H]1O[C@H](CS(=O)(=O)[O-])[C@@H](O)[C@H](O)[C@H]1O)OC(=O)CCCCCCCCCCCCCCC.[Na+]. The maximum absolute atomic E-state index is 12.8. The summed E-state index contributed by atoms with van der Waals surface area (Å²) < 4.78 is 55.7. The van der Waals surface area contributed by atoms with Crippen LogP contribution in [0.3, 0.4) is 0 Å². The second kappa shape index (κ2) is 35.6. The van der Waals surface area contributed by atoms with Crippen molar-refractivity contribution in [3.05, 3.63) is 0 Å². The summed E-state index contributed by atoms with van der Waals surface area (Å²) in [4.78, 5) is 25.3. The van der Waals surface area contributed by atoms with Crippen LogP contribution in [0.5, 0.6) is 0 Å². The first-order chi connectivity index (χ1) is 26.0. The van der Waals surface area contributed by atoms with Crippen molar-refractivity contribution < 1.29 is 86.4 Å². The standard InChI is InChI=1S/C41H78O12S.Na/c1-3-5-7-9-11-13-15-17-19-21-23-25-27-29-36(42)50-31-34(32-51-41-40(46)39(45)38(44)35(53-41)33-54(47,48)49)52-37(43)30-28-26-24-22-20-18-16-14-12-10-8-6-4-2;/h34-35,38-41,44-46H,3-33H2,1-2H3,(H,47,48,49);/q;+1/p-1/t34?,35-,38-,39+,40-,41+;/m1./s1. The molecule has 0 radical (unpaired) electrons. The maximum Gasteiger partial charge on any atom is 1.00 e. The van der Waals surface area contributed by atoms with Crippen molar-refractivity contribution in [2.75, 3.05) is 19.0 Å². The molecule has 1 rings (SSSR count). The van der Waals surface area contributed by atoms with Crippen molar-refractivity contribution in [3.63, 3.8) is 0 Å². The van der Waals surface area contributed by atoms with Gasteiger partial charge < -0.3 is 38.8 Å². The number of aliphatic hydroxyl groups excluding tert-OH is 3. The van der Waals surface area contributed by atoms with Crippen molar-refractivity contribution in [3.8, 4) is 0 Å². The first-order valence-corrected chi connectivity index (χ1v) is 23.2. The molecule has 1 aliphatic rings. The molecular formula is C41H77NaO12S. The number of hydrogen-bond acceptors (Lipinski definition) is 12. The molecule has 55 heavy (non-hydrogen) atoms. The number of aliphatic hydroxyl groups is 3. The number of hydrogen-bond donors (Lipinski definition) is 3. The van der Waals surface area contributed by atoms with Crippen LogP contribution in [0.4, 0.5) is 0 Å². The Labute approximate surface area is 356 Å². The van der Waals surface area contributed by atoms with Gasteiger partial charge in [-0.25, -0.2) is 8.42 Å². The van der Waals surface area contributed by atoms with E-state index in [4.69, 9.17) is 18.9 Å². The number of carbonyl (C=O) groups is 2. The van der Waals surface area contributed by atoms with Gasteiger partial charge in [0.05, 0.1) is 22.5 Å². The van der Waals surface area contributed by atoms with Gasteiger partial charge in [0.25, 0.3) is 0 Å². The Bertz CT molecular complexity index is 1030. The van der Waals surface area contributed by atoms with E-state index in [-0.39, 0.29) is 49.0 Å². The normalized spacial score (nSPS) is 20.5. The Morgan fingerprint density at radius 2 is 0.964 bits per heavy atom. The molecule has 0 spiro atoms. The van der Waals surface area contributed by atoms with Gasteiger partial charge >= 0.3 is 41.5 Å². The van der Waals surface area contributed by atoms with E-state index in [2.05, 4.69) is 13.8 Å². The summed E-state index contributed by atoms with van der Waals surface area (Å²) in [6.45, 7) is 3.73. The molecule has 1 aliphatic heterocycles. The van der Waals surface area contributed by atoms with Crippen molar-refractivity contribution in [2.24, 2.45) is 0 Å². The van der Waals surface area contributed by atoms with E-state index < -0.39 is 71.2 Å². The van der Waals surface area contributed by atoms with E-state index >= 15 is 0 Å². The molecule has 0 bridgehead atoms. The van der Waals surface area contributed by atoms with E-state index in [1.54, 1.807) is 0 Å². The first-order valence-electron chi connectivity index (χ1n) is 21.6. The molecule has 0 aromatic carbocycles. The number of ether oxygens (including phenoxy) is 4. The van der Waals surface area contributed by atoms with Crippen LogP contribution in [0, 0.1) is 0 Å². The zero-order valence-corrected chi connectivity index (χ0v) is 37.6. The van der Waals surface area contributed by atoms with Gasteiger partial charge in [-0.1, -0.05) is 168 Å². The molecule has 1 fully saturated rings. The van der Waals surface area contributed by atoms with E-state index in [1.807, 2.05) is 0 Å². The van der Waals surface area contributed by atoms with Gasteiger partial charge in [0.15, 0.2) is 12.4 Å². The number of esters is 2. The largest absolute Gasteiger partial charge is 1.00 e. The molecule has 0 aliphatic carbocycles. The number of carbonyl (C=O) groups excluding carboxylic acids is 2. The smallest absolute Gasteiger partial charge is 0.748 e. The Kier molecular flexibility index (Phi) is 35.4. The maximum atomic E-state index is 12.8. The van der Waals surface area contributed by atoms with Crippen LogP contribution in [-0.4, -0.2) is 96.0 Å². The minimum absolute atomic E-state index is 0. The Morgan fingerprint density at radius 3 is 1.36 bits per heavy atom. The first kappa shape index (κ1) is 54.6. The van der Waals surface area contributed by atoms with Gasteiger partial charge in [-0.2, -0.15) is 0 Å². The summed E-state index contributed by atoms with van der Waals surface area (Å²) in [5.41, 5.74) is 0. The summed E-state index contributed by atoms with van der Waals surface area (Å²) in [5.74, 6) is -2.09. The fourth-order valence-electron chi connectivity index (χ4n) is 6.79. The number of rotatable bonds is 36. The molecule has 0 aromatic rings. The average molecular weight is 817 g/mol. The van der Waals surface area contributed by atoms with Crippen LogP contribution in [0.15, 0.2) is 0 Å². The van der Waals surface area contributed by atoms with Crippen LogP contribution >= 0.6 is 0 Å². The van der Waals surface area contributed by atoms with Gasteiger partial charge in [0.1, 0.15) is 31.0 Å². The topological polar surface area (TPSA) is 189 Å². The molecule has 1 saturated heterocycles. The van der Waals surface area contributed by atoms with E-state index in [1.165, 1.54) is 116 Å². The third kappa shape index (κ3) is 30.4. The molecule has 0 aromatic heterocycles. The second-order valence-electron chi connectivity index (χ2n) is 15.4. The molecule has 14 heteroatoms. The van der Waals surface area contributed by atoms with E-state index in [0.29, 0.717) is 12.8 Å². The van der Waals surface area contributed by atoms with E-state index in [0.717, 1.165) is 38.5 Å². The fourth-order valence-corrected chi connectivity index (χ4v) is 7.47. The minimum atomic E-state index is -4.84. The predicted molar refractivity (Wildman–Crippen MR) is 209 cm³/mol. The summed E-state index contributed by atoms with van der Waals surface area (Å²) in [7, 11) is -4.84. The summed E-state index contributed by atoms with van der Waals surface area (Å²) >= 11 is 0. The third-order valence-electron chi connectivity index (χ3n) is 10.2. The zero-order valence-electron chi connectivity index (χ0n) is 34.8. The van der Waals surface area contributed by atoms with Crippen molar-refractivity contribution in [2.45, 2.75) is 230 Å². The van der Waals surface area contributed by atoms with Gasteiger partial charge in [-0.05, 0) is 12.8 Å². The Hall–Kier alpha value is -0.350. The zero-order chi connectivity index (χ0) is 39.9. The van der Waals surface area contributed by atoms with Gasteiger partial charge in [0.2, 0.25) is 0 Å². The van der Waals surface area contributed by atoms with Gasteiger partial charge in [-0.15, -0.1) is 0 Å². The number of unbranched alkanes of at least 4 members (excludes halogenated alkanes) is 24. The van der Waals surface area contributed by atoms with Crippen LogP contribution < -0.4 is 29.6 Å². The average Bonchev–Trinajstić information content (AvgIpc) is 3.13. The van der Waals surface area contributed by atoms with Crippen molar-refractivity contribution in [1.82, 2.24) is 0 Å². The molecule has 3 N–H and O–H groups in total. The quantitative estimate of drug-likeness (QED) is 0.0341. The Balaban J connectivity index is 0.0000292. The summed E-state index contributed by atoms with van der Waals surface area (Å²) in [5, 5.41) is 30.7. The minimum Gasteiger partial charge on any atom is -0.748 e.